The van der Waals surface area contributed by atoms with Gasteiger partial charge in [-0.05, 0) is 41.2 Å². The first-order chi connectivity index (χ1) is 14.2. The molecule has 0 aliphatic carbocycles. The Morgan fingerprint density at radius 1 is 1.17 bits per heavy atom. The zero-order valence-electron chi connectivity index (χ0n) is 16.3. The summed E-state index contributed by atoms with van der Waals surface area (Å²) in [6.07, 6.45) is 2.14. The fourth-order valence-corrected chi connectivity index (χ4v) is 3.69. The van der Waals surface area contributed by atoms with E-state index in [-0.39, 0.29) is 24.7 Å². The van der Waals surface area contributed by atoms with Gasteiger partial charge in [0.2, 0.25) is 0 Å². The lowest BCUT2D eigenvalue weighted by atomic mass is 9.99. The Labute approximate surface area is 169 Å². The molecule has 152 valence electrons. The van der Waals surface area contributed by atoms with Gasteiger partial charge in [-0.1, -0.05) is 41.6 Å². The van der Waals surface area contributed by atoms with Crippen molar-refractivity contribution in [3.05, 3.63) is 65.0 Å². The zero-order chi connectivity index (χ0) is 20.1. The Bertz CT molecular complexity index is 974. The Morgan fingerprint density at radius 2 is 2.03 bits per heavy atom. The average molecular weight is 395 g/mol. The van der Waals surface area contributed by atoms with E-state index in [9.17, 15) is 9.90 Å². The van der Waals surface area contributed by atoms with Crippen LogP contribution < -0.4 is 0 Å². The summed E-state index contributed by atoms with van der Waals surface area (Å²) in [4.78, 5) is 12.5. The molecule has 0 spiro atoms. The van der Waals surface area contributed by atoms with E-state index < -0.39 is 0 Å². The molecular weight excluding hydrogens is 370 g/mol. The van der Waals surface area contributed by atoms with Crippen LogP contribution in [0.4, 0.5) is 0 Å². The largest absolute Gasteiger partial charge is 0.391 e. The Balaban J connectivity index is 1.35. The summed E-state index contributed by atoms with van der Waals surface area (Å²) in [5.41, 5.74) is 1.69. The normalized spacial score (nSPS) is 16.5. The highest BCUT2D eigenvalue weighted by molar-refractivity contribution is 5.95. The molecule has 0 amide bonds. The van der Waals surface area contributed by atoms with E-state index in [1.807, 2.05) is 18.2 Å². The predicted octanol–water partition coefficient (Wildman–Crippen LogP) is 4.04. The highest BCUT2D eigenvalue weighted by Gasteiger charge is 2.23. The van der Waals surface area contributed by atoms with Crippen LogP contribution in [0.5, 0.6) is 0 Å². The summed E-state index contributed by atoms with van der Waals surface area (Å²) >= 11 is 0. The first-order valence-electron chi connectivity index (χ1n) is 9.99. The van der Waals surface area contributed by atoms with Crippen molar-refractivity contribution in [3.63, 3.8) is 0 Å². The molecule has 0 bridgehead atoms. The van der Waals surface area contributed by atoms with Gasteiger partial charge in [0, 0.05) is 19.6 Å². The van der Waals surface area contributed by atoms with Crippen molar-refractivity contribution in [3.8, 4) is 0 Å². The lowest BCUT2D eigenvalue weighted by Crippen LogP contribution is -2.08. The number of aliphatic hydroxyl groups excluding tert-OH is 1. The van der Waals surface area contributed by atoms with Gasteiger partial charge in [-0.15, -0.1) is 0 Å². The number of aromatic nitrogens is 1. The third-order valence-corrected chi connectivity index (χ3v) is 5.41. The van der Waals surface area contributed by atoms with E-state index in [4.69, 9.17) is 14.0 Å². The second-order valence-electron chi connectivity index (χ2n) is 7.46. The number of hydrogen-bond donors (Lipinski definition) is 1. The minimum absolute atomic E-state index is 0.106. The lowest BCUT2D eigenvalue weighted by Gasteiger charge is -2.06. The SMILES string of the molecule is O=C(CCC1CCOC1)c1noc(COCc2ccc3ccccc3c2)c1CO. The summed E-state index contributed by atoms with van der Waals surface area (Å²) in [6.45, 7) is 1.74. The van der Waals surface area contributed by atoms with Gasteiger partial charge in [-0.25, -0.2) is 0 Å². The number of carbonyl (C=O) groups is 1. The maximum atomic E-state index is 12.5. The van der Waals surface area contributed by atoms with Crippen LogP contribution in [0.15, 0.2) is 47.0 Å². The van der Waals surface area contributed by atoms with Crippen LogP contribution >= 0.6 is 0 Å². The fourth-order valence-electron chi connectivity index (χ4n) is 3.69. The standard InChI is InChI=1S/C23H25NO5/c25-12-20-22(29-24-23(20)21(26)8-6-16-9-10-27-13-16)15-28-14-17-5-7-18-3-1-2-4-19(18)11-17/h1-5,7,11,16,25H,6,8-10,12-15H2. The van der Waals surface area contributed by atoms with Crippen molar-refractivity contribution >= 4 is 16.6 Å². The number of Topliss-reactive ketones (excluding diaryl/α,β-unsaturated/α-hetero) is 1. The Hall–Kier alpha value is -2.54. The molecule has 1 saturated heterocycles. The number of benzene rings is 2. The highest BCUT2D eigenvalue weighted by Crippen LogP contribution is 2.23. The van der Waals surface area contributed by atoms with E-state index >= 15 is 0 Å². The van der Waals surface area contributed by atoms with Gasteiger partial charge in [0.15, 0.2) is 17.2 Å². The van der Waals surface area contributed by atoms with Gasteiger partial charge >= 0.3 is 0 Å². The highest BCUT2D eigenvalue weighted by atomic mass is 16.5. The maximum Gasteiger partial charge on any atom is 0.185 e. The molecule has 1 unspecified atom stereocenters. The van der Waals surface area contributed by atoms with Gasteiger partial charge in [0.25, 0.3) is 0 Å². The molecule has 0 radical (unpaired) electrons. The molecule has 3 aromatic rings. The lowest BCUT2D eigenvalue weighted by molar-refractivity contribution is 0.0863. The second kappa shape index (κ2) is 9.31. The van der Waals surface area contributed by atoms with E-state index in [1.54, 1.807) is 0 Å². The van der Waals surface area contributed by atoms with Crippen molar-refractivity contribution in [1.29, 1.82) is 0 Å². The van der Waals surface area contributed by atoms with Gasteiger partial charge in [-0.2, -0.15) is 0 Å². The number of aliphatic hydroxyl groups is 1. The molecule has 1 aromatic heterocycles. The van der Waals surface area contributed by atoms with Gasteiger partial charge in [0.1, 0.15) is 6.61 Å². The van der Waals surface area contributed by atoms with E-state index in [2.05, 4.69) is 29.4 Å². The zero-order valence-corrected chi connectivity index (χ0v) is 16.3. The summed E-state index contributed by atoms with van der Waals surface area (Å²) in [7, 11) is 0. The van der Waals surface area contributed by atoms with Crippen LogP contribution in [0, 0.1) is 5.92 Å². The van der Waals surface area contributed by atoms with Crippen molar-refractivity contribution < 1.29 is 23.9 Å². The quantitative estimate of drug-likeness (QED) is 0.551. The van der Waals surface area contributed by atoms with Crippen LogP contribution in [-0.4, -0.2) is 29.3 Å². The Kier molecular flexibility index (Phi) is 6.34. The smallest absolute Gasteiger partial charge is 0.185 e. The van der Waals surface area contributed by atoms with Crippen LogP contribution in [0.2, 0.25) is 0 Å². The van der Waals surface area contributed by atoms with E-state index in [1.165, 1.54) is 5.39 Å². The topological polar surface area (TPSA) is 81.8 Å². The molecule has 1 fully saturated rings. The third-order valence-electron chi connectivity index (χ3n) is 5.41. The molecule has 6 nitrogen and oxygen atoms in total. The van der Waals surface area contributed by atoms with Crippen molar-refractivity contribution in [2.45, 2.75) is 39.1 Å². The number of ether oxygens (including phenoxy) is 2. The summed E-state index contributed by atoms with van der Waals surface area (Å²) in [5, 5.41) is 16.0. The average Bonchev–Trinajstić information content (AvgIpc) is 3.41. The number of rotatable bonds is 9. The Morgan fingerprint density at radius 3 is 2.83 bits per heavy atom. The second-order valence-corrected chi connectivity index (χ2v) is 7.46. The van der Waals surface area contributed by atoms with Crippen LogP contribution in [0.3, 0.4) is 0 Å². The van der Waals surface area contributed by atoms with Crippen LogP contribution in [0.1, 0.15) is 46.6 Å². The number of ketones is 1. The predicted molar refractivity (Wildman–Crippen MR) is 107 cm³/mol. The summed E-state index contributed by atoms with van der Waals surface area (Å²) in [6, 6.07) is 14.3. The molecule has 2 aromatic carbocycles. The molecule has 1 N–H and O–H groups in total. The molecule has 1 aliphatic heterocycles. The number of carbonyl (C=O) groups excluding carboxylic acids is 1. The molecule has 1 atom stereocenters. The summed E-state index contributed by atoms with van der Waals surface area (Å²) < 4.78 is 16.4. The van der Waals surface area contributed by atoms with Crippen molar-refractivity contribution in [1.82, 2.24) is 5.16 Å². The molecular formula is C23H25NO5. The molecule has 29 heavy (non-hydrogen) atoms. The number of hydrogen-bond acceptors (Lipinski definition) is 6. The van der Waals surface area contributed by atoms with Crippen molar-refractivity contribution in [2.24, 2.45) is 5.92 Å². The van der Waals surface area contributed by atoms with Gasteiger partial charge in [0.05, 0.1) is 18.8 Å². The van der Waals surface area contributed by atoms with Crippen LogP contribution in [-0.2, 0) is 29.3 Å². The first kappa shape index (κ1) is 19.8. The minimum Gasteiger partial charge on any atom is -0.391 e. The summed E-state index contributed by atoms with van der Waals surface area (Å²) in [5.74, 6) is 0.722. The van der Waals surface area contributed by atoms with E-state index in [0.29, 0.717) is 36.9 Å². The monoisotopic (exact) mass is 395 g/mol. The number of fused-ring (bicyclic) bond motifs is 1. The maximum absolute atomic E-state index is 12.5. The first-order valence-corrected chi connectivity index (χ1v) is 9.99. The van der Waals surface area contributed by atoms with Gasteiger partial charge in [-0.3, -0.25) is 4.79 Å². The number of nitrogens with zero attached hydrogens (tertiary/aromatic N) is 1. The molecule has 1 aliphatic rings. The molecule has 0 saturated carbocycles. The molecule has 6 heteroatoms. The molecule has 2 heterocycles. The third kappa shape index (κ3) is 4.72. The van der Waals surface area contributed by atoms with E-state index in [0.717, 1.165) is 30.4 Å². The fraction of sp³-hybridized carbons (Fsp3) is 0.391. The van der Waals surface area contributed by atoms with Crippen LogP contribution in [0.25, 0.3) is 10.8 Å². The van der Waals surface area contributed by atoms with Crippen molar-refractivity contribution in [2.75, 3.05) is 13.2 Å². The van der Waals surface area contributed by atoms with Gasteiger partial charge < -0.3 is 19.1 Å². The minimum atomic E-state index is -0.300. The molecule has 4 rings (SSSR count).